The molecule has 0 aliphatic rings. The van der Waals surface area contributed by atoms with Gasteiger partial charge < -0.3 is 4.57 Å². The van der Waals surface area contributed by atoms with Gasteiger partial charge in [-0.1, -0.05) is 36.4 Å². The van der Waals surface area contributed by atoms with Crippen LogP contribution in [-0.4, -0.2) is 14.5 Å². The monoisotopic (exact) mass is 375 g/mol. The van der Waals surface area contributed by atoms with Crippen LogP contribution in [0, 0.1) is 6.92 Å². The van der Waals surface area contributed by atoms with Gasteiger partial charge in [-0.05, 0) is 59.9 Å². The zero-order valence-electron chi connectivity index (χ0n) is 16.3. The summed E-state index contributed by atoms with van der Waals surface area (Å²) in [6.07, 6.45) is 10.4. The van der Waals surface area contributed by atoms with Crippen molar-refractivity contribution in [1.82, 2.24) is 14.5 Å². The summed E-state index contributed by atoms with van der Waals surface area (Å²) < 4.78 is 2.29. The van der Waals surface area contributed by atoms with E-state index in [0.717, 1.165) is 33.9 Å². The average molecular weight is 375 g/mol. The van der Waals surface area contributed by atoms with Crippen LogP contribution in [0.5, 0.6) is 0 Å². The molecule has 0 saturated carbocycles. The van der Waals surface area contributed by atoms with Crippen LogP contribution in [0.2, 0.25) is 0 Å². The molecule has 3 aromatic heterocycles. The summed E-state index contributed by atoms with van der Waals surface area (Å²) in [7, 11) is 0. The van der Waals surface area contributed by atoms with E-state index in [-0.39, 0.29) is 0 Å². The van der Waals surface area contributed by atoms with Crippen LogP contribution >= 0.6 is 0 Å². The standard InChI is InChI=1S/C26H21N3/c1-3-5-19-6-4-7-20(15-19)22-9-8-21(14-18(22)2)29-25-10-12-27-16-23(25)24-17-28-13-11-26(24)29/h3-4,6-17H,1,5H2,2H3. The molecule has 3 heterocycles. The third-order valence-corrected chi connectivity index (χ3v) is 5.45. The van der Waals surface area contributed by atoms with Crippen molar-refractivity contribution in [2.45, 2.75) is 13.3 Å². The van der Waals surface area contributed by atoms with Gasteiger partial charge in [-0.25, -0.2) is 0 Å². The number of rotatable bonds is 4. The van der Waals surface area contributed by atoms with Crippen LogP contribution in [0.15, 0.2) is 92.0 Å². The molecule has 0 N–H and O–H groups in total. The molecule has 0 bridgehead atoms. The van der Waals surface area contributed by atoms with Crippen molar-refractivity contribution in [1.29, 1.82) is 0 Å². The molecule has 29 heavy (non-hydrogen) atoms. The highest BCUT2D eigenvalue weighted by Crippen LogP contribution is 2.33. The second-order valence-corrected chi connectivity index (χ2v) is 7.31. The number of hydrogen-bond acceptors (Lipinski definition) is 2. The largest absolute Gasteiger partial charge is 0.309 e. The number of hydrogen-bond donors (Lipinski definition) is 0. The predicted octanol–water partition coefficient (Wildman–Crippen LogP) is 6.28. The molecular formula is C26H21N3. The van der Waals surface area contributed by atoms with E-state index in [1.54, 1.807) is 0 Å². The second-order valence-electron chi connectivity index (χ2n) is 7.31. The summed E-state index contributed by atoms with van der Waals surface area (Å²) in [5.41, 5.74) is 8.45. The molecule has 5 rings (SSSR count). The number of fused-ring (bicyclic) bond motifs is 3. The molecule has 3 heteroatoms. The maximum absolute atomic E-state index is 4.32. The van der Waals surface area contributed by atoms with Gasteiger partial charge in [0, 0.05) is 41.2 Å². The van der Waals surface area contributed by atoms with E-state index >= 15 is 0 Å². The van der Waals surface area contributed by atoms with Crippen LogP contribution in [0.3, 0.4) is 0 Å². The molecule has 0 unspecified atom stereocenters. The maximum atomic E-state index is 4.32. The van der Waals surface area contributed by atoms with Crippen molar-refractivity contribution in [2.75, 3.05) is 0 Å². The molecule has 0 atom stereocenters. The first-order chi connectivity index (χ1) is 14.3. The Kier molecular flexibility index (Phi) is 4.21. The molecule has 0 radical (unpaired) electrons. The first-order valence-electron chi connectivity index (χ1n) is 9.75. The molecule has 0 aliphatic heterocycles. The van der Waals surface area contributed by atoms with Gasteiger partial charge in [0.2, 0.25) is 0 Å². The first-order valence-corrected chi connectivity index (χ1v) is 9.75. The van der Waals surface area contributed by atoms with E-state index in [0.29, 0.717) is 0 Å². The third kappa shape index (κ3) is 2.92. The number of pyridine rings is 2. The SMILES string of the molecule is C=CCc1cccc(-c2ccc(-n3c4ccncc4c4cnccc43)cc2C)c1. The molecule has 3 nitrogen and oxygen atoms in total. The molecule has 140 valence electrons. The van der Waals surface area contributed by atoms with E-state index < -0.39 is 0 Å². The van der Waals surface area contributed by atoms with Crippen molar-refractivity contribution >= 4 is 21.8 Å². The molecule has 0 saturated heterocycles. The van der Waals surface area contributed by atoms with Gasteiger partial charge in [0.15, 0.2) is 0 Å². The van der Waals surface area contributed by atoms with E-state index in [2.05, 4.69) is 82.6 Å². The van der Waals surface area contributed by atoms with Crippen molar-refractivity contribution < 1.29 is 0 Å². The van der Waals surface area contributed by atoms with Crippen LogP contribution in [-0.2, 0) is 6.42 Å². The first kappa shape index (κ1) is 17.4. The van der Waals surface area contributed by atoms with Gasteiger partial charge in [-0.3, -0.25) is 9.97 Å². The highest BCUT2D eigenvalue weighted by atomic mass is 15.0. The topological polar surface area (TPSA) is 30.7 Å². The molecule has 0 amide bonds. The Hall–Kier alpha value is -3.72. The summed E-state index contributed by atoms with van der Waals surface area (Å²) in [6.45, 7) is 6.03. The molecule has 0 fully saturated rings. The lowest BCUT2D eigenvalue weighted by molar-refractivity contribution is 1.16. The zero-order chi connectivity index (χ0) is 19.8. The van der Waals surface area contributed by atoms with Gasteiger partial charge >= 0.3 is 0 Å². The molecule has 2 aromatic carbocycles. The Labute approximate surface area is 170 Å². The Morgan fingerprint density at radius 2 is 1.62 bits per heavy atom. The second kappa shape index (κ2) is 7.02. The van der Waals surface area contributed by atoms with Crippen LogP contribution in [0.25, 0.3) is 38.6 Å². The minimum Gasteiger partial charge on any atom is -0.309 e. The van der Waals surface area contributed by atoms with Crippen LogP contribution in [0.4, 0.5) is 0 Å². The molecule has 0 spiro atoms. The summed E-state index contributed by atoms with van der Waals surface area (Å²) >= 11 is 0. The zero-order valence-corrected chi connectivity index (χ0v) is 16.3. The van der Waals surface area contributed by atoms with Crippen LogP contribution < -0.4 is 0 Å². The highest BCUT2D eigenvalue weighted by molar-refractivity contribution is 6.08. The number of benzene rings is 2. The van der Waals surface area contributed by atoms with Crippen molar-refractivity contribution in [3.05, 3.63) is 103 Å². The normalized spacial score (nSPS) is 11.2. The quantitative estimate of drug-likeness (QED) is 0.346. The number of aryl methyl sites for hydroxylation is 1. The predicted molar refractivity (Wildman–Crippen MR) is 120 cm³/mol. The summed E-state index contributed by atoms with van der Waals surface area (Å²) in [4.78, 5) is 8.63. The minimum atomic E-state index is 0.883. The van der Waals surface area contributed by atoms with E-state index in [1.807, 2.05) is 30.9 Å². The van der Waals surface area contributed by atoms with Crippen molar-refractivity contribution in [2.24, 2.45) is 0 Å². The number of allylic oxidation sites excluding steroid dienone is 1. The Bertz CT molecular complexity index is 1310. The minimum absolute atomic E-state index is 0.883. The fraction of sp³-hybridized carbons (Fsp3) is 0.0769. The van der Waals surface area contributed by atoms with Gasteiger partial charge in [-0.2, -0.15) is 0 Å². The third-order valence-electron chi connectivity index (χ3n) is 5.45. The number of aromatic nitrogens is 3. The fourth-order valence-electron chi connectivity index (χ4n) is 4.13. The van der Waals surface area contributed by atoms with E-state index in [1.165, 1.54) is 22.3 Å². The smallest absolute Gasteiger partial charge is 0.0572 e. The summed E-state index contributed by atoms with van der Waals surface area (Å²) in [5.74, 6) is 0. The van der Waals surface area contributed by atoms with Gasteiger partial charge in [0.1, 0.15) is 0 Å². The lowest BCUT2D eigenvalue weighted by Gasteiger charge is -2.13. The van der Waals surface area contributed by atoms with E-state index in [4.69, 9.17) is 0 Å². The molecule has 0 aliphatic carbocycles. The van der Waals surface area contributed by atoms with Gasteiger partial charge in [0.05, 0.1) is 11.0 Å². The van der Waals surface area contributed by atoms with Gasteiger partial charge in [0.25, 0.3) is 0 Å². The molecule has 5 aromatic rings. The highest BCUT2D eigenvalue weighted by Gasteiger charge is 2.13. The number of nitrogens with zero attached hydrogens (tertiary/aromatic N) is 3. The van der Waals surface area contributed by atoms with Crippen LogP contribution in [0.1, 0.15) is 11.1 Å². The maximum Gasteiger partial charge on any atom is 0.0572 e. The van der Waals surface area contributed by atoms with Crippen molar-refractivity contribution in [3.63, 3.8) is 0 Å². The average Bonchev–Trinajstić information content (AvgIpc) is 3.09. The summed E-state index contributed by atoms with van der Waals surface area (Å²) in [6, 6.07) is 19.5. The Morgan fingerprint density at radius 3 is 2.28 bits per heavy atom. The van der Waals surface area contributed by atoms with Crippen molar-refractivity contribution in [3.8, 4) is 16.8 Å². The fourth-order valence-corrected chi connectivity index (χ4v) is 4.13. The Balaban J connectivity index is 1.68. The van der Waals surface area contributed by atoms with Gasteiger partial charge in [-0.15, -0.1) is 6.58 Å². The summed E-state index contributed by atoms with van der Waals surface area (Å²) in [5, 5.41) is 2.24. The lowest BCUT2D eigenvalue weighted by Crippen LogP contribution is -1.96. The van der Waals surface area contributed by atoms with E-state index in [9.17, 15) is 0 Å². The molecular weight excluding hydrogens is 354 g/mol. The Morgan fingerprint density at radius 1 is 0.897 bits per heavy atom. The lowest BCUT2D eigenvalue weighted by atomic mass is 9.97.